The second-order valence-electron chi connectivity index (χ2n) is 9.63. The zero-order valence-electron chi connectivity index (χ0n) is 22.6. The van der Waals surface area contributed by atoms with Gasteiger partial charge in [0.25, 0.3) is 0 Å². The first-order valence-electron chi connectivity index (χ1n) is 12.8. The molecule has 0 radical (unpaired) electrons. The Morgan fingerprint density at radius 2 is 1.72 bits per heavy atom. The standard InChI is InChI=1S/C28H26Cl2F2N2O8S/c1-43(37,38)34-19-7-4-17(5-8-19)27(36)40-15-26(35)41-24(11-20-21(29)12-33-13-22(20)30)18-6-9-23(42-28(31)32)25(10-18)39-14-16-2-3-16/h4-10,12-13,16,24,28,34H,2-3,11,14-15H2,1H3/t24-/m0/s1. The Morgan fingerprint density at radius 3 is 2.33 bits per heavy atom. The molecule has 0 spiro atoms. The van der Waals surface area contributed by atoms with Gasteiger partial charge in [-0.3, -0.25) is 9.71 Å². The maximum absolute atomic E-state index is 13.0. The Labute approximate surface area is 256 Å². The van der Waals surface area contributed by atoms with Gasteiger partial charge in [-0.05, 0) is 66.3 Å². The van der Waals surface area contributed by atoms with Crippen LogP contribution < -0.4 is 14.2 Å². The van der Waals surface area contributed by atoms with Crippen LogP contribution >= 0.6 is 23.2 Å². The van der Waals surface area contributed by atoms with E-state index in [1.54, 1.807) is 0 Å². The summed E-state index contributed by atoms with van der Waals surface area (Å²) >= 11 is 12.6. The quantitative estimate of drug-likeness (QED) is 0.212. The Balaban J connectivity index is 1.51. The monoisotopic (exact) mass is 658 g/mol. The summed E-state index contributed by atoms with van der Waals surface area (Å²) in [5.74, 6) is -1.62. The smallest absolute Gasteiger partial charge is 0.387 e. The summed E-state index contributed by atoms with van der Waals surface area (Å²) in [6, 6.07) is 9.51. The average Bonchev–Trinajstić information content (AvgIpc) is 3.76. The third-order valence-corrected chi connectivity index (χ3v) is 7.35. The lowest BCUT2D eigenvalue weighted by Crippen LogP contribution is -2.21. The molecule has 1 heterocycles. The van der Waals surface area contributed by atoms with Crippen molar-refractivity contribution in [3.63, 3.8) is 0 Å². The number of sulfonamides is 1. The van der Waals surface area contributed by atoms with Gasteiger partial charge in [0.15, 0.2) is 18.1 Å². The van der Waals surface area contributed by atoms with E-state index in [1.165, 1.54) is 54.9 Å². The maximum atomic E-state index is 13.0. The third-order valence-electron chi connectivity index (χ3n) is 6.09. The molecular weight excluding hydrogens is 633 g/mol. The van der Waals surface area contributed by atoms with Gasteiger partial charge in [-0.1, -0.05) is 29.3 Å². The predicted molar refractivity (Wildman–Crippen MR) is 153 cm³/mol. The number of carbonyl (C=O) groups is 2. The lowest BCUT2D eigenvalue weighted by molar-refractivity contribution is -0.153. The summed E-state index contributed by atoms with van der Waals surface area (Å²) in [5, 5.41) is 0.410. The molecule has 1 fully saturated rings. The van der Waals surface area contributed by atoms with Gasteiger partial charge in [-0.15, -0.1) is 0 Å². The molecule has 0 unspecified atom stereocenters. The molecule has 43 heavy (non-hydrogen) atoms. The van der Waals surface area contributed by atoms with Crippen molar-refractivity contribution < 1.29 is 45.7 Å². The Kier molecular flexibility index (Phi) is 10.6. The van der Waals surface area contributed by atoms with Crippen LogP contribution in [-0.2, 0) is 30.7 Å². The van der Waals surface area contributed by atoms with Crippen LogP contribution in [0.3, 0.4) is 0 Å². The highest BCUT2D eigenvalue weighted by atomic mass is 35.5. The number of nitrogens with one attached hydrogen (secondary N) is 1. The summed E-state index contributed by atoms with van der Waals surface area (Å²) < 4.78 is 72.1. The Hall–Kier alpha value is -3.68. The van der Waals surface area contributed by atoms with Crippen LogP contribution in [0, 0.1) is 5.92 Å². The molecule has 15 heteroatoms. The molecule has 230 valence electrons. The molecule has 0 amide bonds. The fourth-order valence-corrected chi connectivity index (χ4v) is 4.94. The van der Waals surface area contributed by atoms with Crippen molar-refractivity contribution in [3.8, 4) is 11.5 Å². The zero-order valence-corrected chi connectivity index (χ0v) is 24.9. The van der Waals surface area contributed by atoms with E-state index in [0.717, 1.165) is 19.1 Å². The fourth-order valence-electron chi connectivity index (χ4n) is 3.86. The average molecular weight is 659 g/mol. The molecule has 1 saturated carbocycles. The van der Waals surface area contributed by atoms with Crippen LogP contribution in [0.5, 0.6) is 11.5 Å². The summed E-state index contributed by atoms with van der Waals surface area (Å²) in [7, 11) is -3.51. The summed E-state index contributed by atoms with van der Waals surface area (Å²) in [6.07, 6.45) is 4.54. The highest BCUT2D eigenvalue weighted by Crippen LogP contribution is 2.38. The number of hydrogen-bond donors (Lipinski definition) is 1. The SMILES string of the molecule is CS(=O)(=O)Nc1ccc(C(=O)OCC(=O)O[C@@H](Cc2c(Cl)cncc2Cl)c2ccc(OC(F)F)c(OCC3CC3)c2)cc1. The van der Waals surface area contributed by atoms with Gasteiger partial charge in [0, 0.05) is 24.5 Å². The van der Waals surface area contributed by atoms with E-state index in [9.17, 15) is 26.8 Å². The normalized spacial score (nSPS) is 13.7. The van der Waals surface area contributed by atoms with Crippen molar-refractivity contribution in [3.05, 3.63) is 81.6 Å². The highest BCUT2D eigenvalue weighted by Gasteiger charge is 2.26. The lowest BCUT2D eigenvalue weighted by atomic mass is 10.0. The van der Waals surface area contributed by atoms with Gasteiger partial charge in [0.2, 0.25) is 10.0 Å². The molecule has 1 aliphatic carbocycles. The van der Waals surface area contributed by atoms with Crippen LogP contribution in [0.25, 0.3) is 0 Å². The molecule has 1 N–H and O–H groups in total. The number of anilines is 1. The van der Waals surface area contributed by atoms with Crippen molar-refractivity contribution in [2.45, 2.75) is 32.0 Å². The molecule has 0 aliphatic heterocycles. The van der Waals surface area contributed by atoms with Crippen LogP contribution in [-0.4, -0.2) is 51.4 Å². The number of esters is 2. The first-order valence-corrected chi connectivity index (χ1v) is 15.5. The molecule has 1 atom stereocenters. The van der Waals surface area contributed by atoms with E-state index >= 15 is 0 Å². The number of benzene rings is 2. The highest BCUT2D eigenvalue weighted by molar-refractivity contribution is 7.92. The lowest BCUT2D eigenvalue weighted by Gasteiger charge is -2.21. The number of halogens is 4. The van der Waals surface area contributed by atoms with Crippen LogP contribution in [0.15, 0.2) is 54.9 Å². The molecule has 0 saturated heterocycles. The minimum absolute atomic E-state index is 0.0359. The number of aromatic nitrogens is 1. The van der Waals surface area contributed by atoms with E-state index in [2.05, 4.69) is 14.4 Å². The number of hydrogen-bond acceptors (Lipinski definition) is 9. The largest absolute Gasteiger partial charge is 0.489 e. The molecule has 3 aromatic rings. The fraction of sp³-hybridized carbons (Fsp3) is 0.321. The van der Waals surface area contributed by atoms with Crippen molar-refractivity contribution in [2.75, 3.05) is 24.2 Å². The van der Waals surface area contributed by atoms with E-state index < -0.39 is 41.3 Å². The number of pyridine rings is 1. The predicted octanol–water partition coefficient (Wildman–Crippen LogP) is 5.83. The van der Waals surface area contributed by atoms with Crippen molar-refractivity contribution in [1.29, 1.82) is 0 Å². The van der Waals surface area contributed by atoms with Crippen molar-refractivity contribution in [1.82, 2.24) is 4.98 Å². The number of carbonyl (C=O) groups excluding carboxylic acids is 2. The number of ether oxygens (including phenoxy) is 4. The van der Waals surface area contributed by atoms with Gasteiger partial charge < -0.3 is 18.9 Å². The van der Waals surface area contributed by atoms with Gasteiger partial charge in [0.05, 0.1) is 28.5 Å². The zero-order chi connectivity index (χ0) is 31.1. The van der Waals surface area contributed by atoms with Gasteiger partial charge in [-0.2, -0.15) is 8.78 Å². The number of alkyl halides is 2. The molecule has 2 aromatic carbocycles. The molecule has 10 nitrogen and oxygen atoms in total. The van der Waals surface area contributed by atoms with Gasteiger partial charge in [0.1, 0.15) is 6.10 Å². The van der Waals surface area contributed by atoms with E-state index in [-0.39, 0.29) is 39.2 Å². The maximum Gasteiger partial charge on any atom is 0.387 e. The first-order chi connectivity index (χ1) is 20.4. The van der Waals surface area contributed by atoms with E-state index in [4.69, 9.17) is 37.4 Å². The number of rotatable bonds is 14. The van der Waals surface area contributed by atoms with Gasteiger partial charge in [-0.25, -0.2) is 18.0 Å². The second kappa shape index (κ2) is 14.2. The van der Waals surface area contributed by atoms with E-state index in [0.29, 0.717) is 23.7 Å². The Bertz CT molecular complexity index is 1550. The summed E-state index contributed by atoms with van der Waals surface area (Å²) in [6.45, 7) is -3.55. The minimum Gasteiger partial charge on any atom is -0.489 e. The number of nitrogens with zero attached hydrogens (tertiary/aromatic N) is 1. The molecule has 4 rings (SSSR count). The Morgan fingerprint density at radius 1 is 1.05 bits per heavy atom. The molecule has 1 aromatic heterocycles. The van der Waals surface area contributed by atoms with E-state index in [1.807, 2.05) is 0 Å². The van der Waals surface area contributed by atoms with Crippen LogP contribution in [0.2, 0.25) is 10.0 Å². The topological polar surface area (TPSA) is 130 Å². The summed E-state index contributed by atoms with van der Waals surface area (Å²) in [4.78, 5) is 29.2. The first kappa shape index (κ1) is 32.2. The molecule has 1 aliphatic rings. The van der Waals surface area contributed by atoms with Crippen molar-refractivity contribution >= 4 is 50.9 Å². The van der Waals surface area contributed by atoms with Gasteiger partial charge >= 0.3 is 18.6 Å². The van der Waals surface area contributed by atoms with Crippen molar-refractivity contribution in [2.24, 2.45) is 5.92 Å². The molecular formula is C28H26Cl2F2N2O8S. The van der Waals surface area contributed by atoms with Crippen LogP contribution in [0.4, 0.5) is 14.5 Å². The van der Waals surface area contributed by atoms with Crippen LogP contribution in [0.1, 0.15) is 40.4 Å². The second-order valence-corrected chi connectivity index (χ2v) is 12.2. The summed E-state index contributed by atoms with van der Waals surface area (Å²) in [5.41, 5.74) is 1.06. The minimum atomic E-state index is -3.51. The third kappa shape index (κ3) is 9.94. The molecule has 0 bridgehead atoms.